The highest BCUT2D eigenvalue weighted by molar-refractivity contribution is 7.90. The summed E-state index contributed by atoms with van der Waals surface area (Å²) in [5.74, 6) is -0.600. The van der Waals surface area contributed by atoms with E-state index in [1.165, 1.54) is 24.3 Å². The minimum atomic E-state index is -3.83. The highest BCUT2D eigenvalue weighted by atomic mass is 32.2. The molecule has 2 N–H and O–H groups in total. The minimum absolute atomic E-state index is 0.00929. The Kier molecular flexibility index (Phi) is 7.06. The van der Waals surface area contributed by atoms with Crippen LogP contribution in [0, 0.1) is 13.8 Å². The van der Waals surface area contributed by atoms with Crippen molar-refractivity contribution in [2.24, 2.45) is 4.99 Å². The number of sulfonamides is 1. The van der Waals surface area contributed by atoms with E-state index in [-0.39, 0.29) is 16.1 Å². The van der Waals surface area contributed by atoms with Crippen LogP contribution in [-0.2, 0) is 19.6 Å². The molecule has 0 saturated carbocycles. The lowest BCUT2D eigenvalue weighted by Gasteiger charge is -2.11. The van der Waals surface area contributed by atoms with E-state index in [0.29, 0.717) is 30.3 Å². The number of amides is 1. The van der Waals surface area contributed by atoms with Crippen LogP contribution >= 0.6 is 0 Å². The van der Waals surface area contributed by atoms with Gasteiger partial charge in [-0.15, -0.1) is 0 Å². The van der Waals surface area contributed by atoms with Gasteiger partial charge in [0.25, 0.3) is 15.9 Å². The second kappa shape index (κ2) is 9.73. The van der Waals surface area contributed by atoms with Crippen LogP contribution in [0.1, 0.15) is 47.5 Å². The van der Waals surface area contributed by atoms with Crippen LogP contribution < -0.4 is 10.0 Å². The zero-order valence-corrected chi connectivity index (χ0v) is 18.1. The van der Waals surface area contributed by atoms with Gasteiger partial charge < -0.3 is 14.6 Å². The lowest BCUT2D eigenvalue weighted by molar-refractivity contribution is -0.119. The maximum absolute atomic E-state index is 12.7. The fourth-order valence-electron chi connectivity index (χ4n) is 3.09. The van der Waals surface area contributed by atoms with E-state index in [2.05, 4.69) is 20.2 Å². The van der Waals surface area contributed by atoms with Gasteiger partial charge in [0, 0.05) is 18.7 Å². The summed E-state index contributed by atoms with van der Waals surface area (Å²) in [7, 11) is -3.83. The number of hydrogen-bond donors (Lipinski definition) is 2. The number of nitrogens with zero attached hydrogens (tertiary/aromatic N) is 2. The van der Waals surface area contributed by atoms with Crippen molar-refractivity contribution in [3.05, 3.63) is 41.3 Å². The lowest BCUT2D eigenvalue weighted by atomic mass is 10.2. The third kappa shape index (κ3) is 5.91. The second-order valence-electron chi connectivity index (χ2n) is 7.10. The Morgan fingerprint density at radius 3 is 2.74 bits per heavy atom. The number of benzene rings is 1. The quantitative estimate of drug-likeness (QED) is 0.646. The summed E-state index contributed by atoms with van der Waals surface area (Å²) in [6.07, 6.45) is 3.40. The molecule has 2 heterocycles. The van der Waals surface area contributed by atoms with E-state index in [1.807, 2.05) is 0 Å². The van der Waals surface area contributed by atoms with Crippen LogP contribution in [0.5, 0.6) is 0 Å². The van der Waals surface area contributed by atoms with Gasteiger partial charge >= 0.3 is 5.97 Å². The van der Waals surface area contributed by atoms with Crippen LogP contribution in [-0.4, -0.2) is 44.4 Å². The minimum Gasteiger partial charge on any atom is -0.452 e. The number of aromatic nitrogens is 1. The highest BCUT2D eigenvalue weighted by Crippen LogP contribution is 2.17. The Labute approximate surface area is 180 Å². The maximum Gasteiger partial charge on any atom is 0.344 e. The van der Waals surface area contributed by atoms with Gasteiger partial charge in [-0.3, -0.25) is 14.5 Å². The summed E-state index contributed by atoms with van der Waals surface area (Å²) in [4.78, 5) is 28.5. The number of aliphatic imine (C=N–C) groups is 1. The topological polar surface area (TPSA) is 140 Å². The first kappa shape index (κ1) is 22.5. The SMILES string of the molecule is Cc1noc(C)c1C(=O)OCC(=O)Nc1cccc(S(=O)(=O)NC2=NCCCCC2)c1. The van der Waals surface area contributed by atoms with E-state index >= 15 is 0 Å². The standard InChI is InChI=1S/C20H24N4O6S/c1-13-19(14(2)30-23-13)20(26)29-12-18(25)22-15-7-6-8-16(11-15)31(27,28)24-17-9-4-3-5-10-21-17/h6-8,11H,3-5,9-10,12H2,1-2H3,(H,21,24)(H,22,25). The maximum atomic E-state index is 12.7. The number of carbonyl (C=O) groups is 2. The van der Waals surface area contributed by atoms with Gasteiger partial charge in [0.05, 0.1) is 10.6 Å². The lowest BCUT2D eigenvalue weighted by Crippen LogP contribution is -2.30. The highest BCUT2D eigenvalue weighted by Gasteiger charge is 2.21. The van der Waals surface area contributed by atoms with E-state index in [9.17, 15) is 18.0 Å². The third-order valence-electron chi connectivity index (χ3n) is 4.63. The molecular formula is C20H24N4O6S. The molecule has 10 nitrogen and oxygen atoms in total. The number of carbonyl (C=O) groups excluding carboxylic acids is 2. The predicted octanol–water partition coefficient (Wildman–Crippen LogP) is 2.34. The van der Waals surface area contributed by atoms with Crippen LogP contribution in [0.25, 0.3) is 0 Å². The zero-order valence-electron chi connectivity index (χ0n) is 17.3. The molecule has 0 saturated heterocycles. The molecule has 0 fully saturated rings. The Hall–Kier alpha value is -3.21. The number of anilines is 1. The number of amidine groups is 1. The molecule has 0 radical (unpaired) electrons. The van der Waals surface area contributed by atoms with Crippen LogP contribution in [0.4, 0.5) is 5.69 Å². The first-order valence-electron chi connectivity index (χ1n) is 9.82. The van der Waals surface area contributed by atoms with E-state index in [0.717, 1.165) is 19.3 Å². The molecule has 1 aromatic carbocycles. The molecule has 0 bridgehead atoms. The molecule has 1 aliphatic rings. The molecule has 166 valence electrons. The number of aryl methyl sites for hydroxylation is 2. The van der Waals surface area contributed by atoms with Crippen LogP contribution in [0.15, 0.2) is 38.7 Å². The first-order valence-corrected chi connectivity index (χ1v) is 11.3. The van der Waals surface area contributed by atoms with Gasteiger partial charge in [0.15, 0.2) is 6.61 Å². The smallest absolute Gasteiger partial charge is 0.344 e. The molecule has 11 heteroatoms. The molecule has 0 spiro atoms. The van der Waals surface area contributed by atoms with Crippen molar-refractivity contribution in [3.8, 4) is 0 Å². The number of rotatable bonds is 6. The summed E-state index contributed by atoms with van der Waals surface area (Å²) in [5.41, 5.74) is 0.795. The zero-order chi connectivity index (χ0) is 22.4. The average Bonchev–Trinajstić information content (AvgIpc) is 2.91. The number of hydrogen-bond acceptors (Lipinski definition) is 8. The first-order chi connectivity index (χ1) is 14.8. The van der Waals surface area contributed by atoms with Gasteiger partial charge in [-0.1, -0.05) is 17.6 Å². The predicted molar refractivity (Wildman–Crippen MR) is 112 cm³/mol. The largest absolute Gasteiger partial charge is 0.452 e. The van der Waals surface area contributed by atoms with Crippen LogP contribution in [0.2, 0.25) is 0 Å². The van der Waals surface area contributed by atoms with Crippen molar-refractivity contribution < 1.29 is 27.3 Å². The molecule has 3 rings (SSSR count). The summed E-state index contributed by atoms with van der Waals surface area (Å²) in [6.45, 7) is 3.21. The Bertz CT molecular complexity index is 1090. The molecule has 0 unspecified atom stereocenters. The fourth-order valence-corrected chi connectivity index (χ4v) is 4.22. The van der Waals surface area contributed by atoms with Crippen molar-refractivity contribution in [1.82, 2.24) is 9.88 Å². The van der Waals surface area contributed by atoms with Crippen LogP contribution in [0.3, 0.4) is 0 Å². The van der Waals surface area contributed by atoms with Gasteiger partial charge in [0.2, 0.25) is 0 Å². The fraction of sp³-hybridized carbons (Fsp3) is 0.400. The summed E-state index contributed by atoms with van der Waals surface area (Å²) >= 11 is 0. The normalized spacial score (nSPS) is 14.3. The Morgan fingerprint density at radius 2 is 2.00 bits per heavy atom. The summed E-state index contributed by atoms with van der Waals surface area (Å²) in [5, 5.41) is 6.18. The Balaban J connectivity index is 1.61. The monoisotopic (exact) mass is 448 g/mol. The van der Waals surface area contributed by atoms with Gasteiger partial charge in [-0.2, -0.15) is 0 Å². The summed E-state index contributed by atoms with van der Waals surface area (Å²) in [6, 6.07) is 5.80. The second-order valence-corrected chi connectivity index (χ2v) is 8.78. The van der Waals surface area contributed by atoms with Crippen molar-refractivity contribution in [3.63, 3.8) is 0 Å². The molecule has 0 aliphatic carbocycles. The molecule has 1 amide bonds. The van der Waals surface area contributed by atoms with Gasteiger partial charge in [0.1, 0.15) is 17.2 Å². The third-order valence-corrected chi connectivity index (χ3v) is 6.01. The van der Waals surface area contributed by atoms with Crippen molar-refractivity contribution in [2.75, 3.05) is 18.5 Å². The van der Waals surface area contributed by atoms with E-state index < -0.39 is 28.5 Å². The molecule has 0 atom stereocenters. The van der Waals surface area contributed by atoms with E-state index in [4.69, 9.17) is 9.26 Å². The van der Waals surface area contributed by atoms with Crippen molar-refractivity contribution in [1.29, 1.82) is 0 Å². The number of ether oxygens (including phenoxy) is 1. The average molecular weight is 449 g/mol. The molecule has 31 heavy (non-hydrogen) atoms. The molecule has 2 aromatic rings. The number of esters is 1. The van der Waals surface area contributed by atoms with Gasteiger partial charge in [-0.05, 0) is 44.9 Å². The molecular weight excluding hydrogens is 424 g/mol. The Morgan fingerprint density at radius 1 is 1.19 bits per heavy atom. The summed E-state index contributed by atoms with van der Waals surface area (Å²) < 4.78 is 37.8. The van der Waals surface area contributed by atoms with E-state index in [1.54, 1.807) is 13.8 Å². The number of nitrogens with one attached hydrogen (secondary N) is 2. The molecule has 1 aliphatic heterocycles. The van der Waals surface area contributed by atoms with Crippen molar-refractivity contribution in [2.45, 2.75) is 44.4 Å². The van der Waals surface area contributed by atoms with Gasteiger partial charge in [-0.25, -0.2) is 13.2 Å². The van der Waals surface area contributed by atoms with Crippen molar-refractivity contribution >= 4 is 33.4 Å². The molecule has 1 aromatic heterocycles.